The van der Waals surface area contributed by atoms with Crippen molar-refractivity contribution in [1.29, 1.82) is 0 Å². The predicted molar refractivity (Wildman–Crippen MR) is 156 cm³/mol. The highest BCUT2D eigenvalue weighted by molar-refractivity contribution is 5.74. The molecule has 2 heteroatoms. The molecule has 2 atom stereocenters. The molecule has 35 heavy (non-hydrogen) atoms. The topological polar surface area (TPSA) is 37.3 Å². The zero-order valence-electron chi connectivity index (χ0n) is 24.8. The zero-order valence-corrected chi connectivity index (χ0v) is 24.8. The van der Waals surface area contributed by atoms with Crippen LogP contribution in [-0.2, 0) is 4.79 Å². The minimum absolute atomic E-state index is 0.478. The molecule has 0 heterocycles. The molecule has 0 amide bonds. The van der Waals surface area contributed by atoms with Gasteiger partial charge < -0.3 is 5.11 Å². The van der Waals surface area contributed by atoms with Crippen molar-refractivity contribution in [1.82, 2.24) is 0 Å². The summed E-state index contributed by atoms with van der Waals surface area (Å²) in [6.45, 7) is 9.11. The average molecular weight is 495 g/mol. The van der Waals surface area contributed by atoms with E-state index in [1.54, 1.807) is 0 Å². The SMILES string of the molecule is CCCCCCCCCCCCC(C)CC(CCCCCC)(CCCCCCCCCC)C(=O)O. The van der Waals surface area contributed by atoms with Crippen LogP contribution in [0.1, 0.15) is 195 Å². The van der Waals surface area contributed by atoms with Gasteiger partial charge in [-0.15, -0.1) is 0 Å². The molecule has 0 aromatic rings. The minimum Gasteiger partial charge on any atom is -0.481 e. The summed E-state index contributed by atoms with van der Waals surface area (Å²) < 4.78 is 0. The van der Waals surface area contributed by atoms with E-state index >= 15 is 0 Å². The van der Waals surface area contributed by atoms with Crippen LogP contribution in [0, 0.1) is 11.3 Å². The number of carboxylic acid groups (broad SMARTS) is 1. The first-order chi connectivity index (χ1) is 17.0. The molecule has 0 fully saturated rings. The lowest BCUT2D eigenvalue weighted by atomic mass is 9.71. The largest absolute Gasteiger partial charge is 0.481 e. The molecule has 0 radical (unpaired) electrons. The number of carboxylic acids is 1. The maximum atomic E-state index is 12.6. The van der Waals surface area contributed by atoms with Crippen molar-refractivity contribution in [3.8, 4) is 0 Å². The Labute approximate surface area is 221 Å². The number of unbranched alkanes of at least 4 members (excludes halogenated alkanes) is 19. The van der Waals surface area contributed by atoms with Crippen LogP contribution in [0.2, 0.25) is 0 Å². The predicted octanol–water partition coefficient (Wildman–Crippen LogP) is 11.9. The number of rotatable bonds is 28. The van der Waals surface area contributed by atoms with Gasteiger partial charge in [0.25, 0.3) is 0 Å². The van der Waals surface area contributed by atoms with Crippen LogP contribution in [0.25, 0.3) is 0 Å². The molecule has 0 aliphatic rings. The fraction of sp³-hybridized carbons (Fsp3) is 0.970. The Morgan fingerprint density at radius 2 is 0.857 bits per heavy atom. The van der Waals surface area contributed by atoms with Crippen molar-refractivity contribution < 1.29 is 9.90 Å². The first kappa shape index (κ1) is 34.5. The second-order valence-corrected chi connectivity index (χ2v) is 11.9. The normalized spacial score (nSPS) is 14.2. The van der Waals surface area contributed by atoms with Gasteiger partial charge in [-0.2, -0.15) is 0 Å². The van der Waals surface area contributed by atoms with Gasteiger partial charge in [-0.3, -0.25) is 4.79 Å². The molecule has 210 valence electrons. The Morgan fingerprint density at radius 3 is 1.23 bits per heavy atom. The fourth-order valence-electron chi connectivity index (χ4n) is 5.87. The van der Waals surface area contributed by atoms with Gasteiger partial charge in [0.2, 0.25) is 0 Å². The average Bonchev–Trinajstić information content (AvgIpc) is 2.84. The molecule has 0 rings (SSSR count). The van der Waals surface area contributed by atoms with Crippen LogP contribution in [0.5, 0.6) is 0 Å². The molecule has 0 saturated carbocycles. The maximum Gasteiger partial charge on any atom is 0.309 e. The molecule has 0 aliphatic heterocycles. The number of carbonyl (C=O) groups is 1. The van der Waals surface area contributed by atoms with Crippen molar-refractivity contribution in [3.63, 3.8) is 0 Å². The molecule has 1 N–H and O–H groups in total. The van der Waals surface area contributed by atoms with E-state index in [-0.39, 0.29) is 0 Å². The van der Waals surface area contributed by atoms with Crippen molar-refractivity contribution in [2.75, 3.05) is 0 Å². The summed E-state index contributed by atoms with van der Waals surface area (Å²) in [5.74, 6) is 0.0206. The minimum atomic E-state index is -0.508. The first-order valence-corrected chi connectivity index (χ1v) is 16.3. The lowest BCUT2D eigenvalue weighted by Crippen LogP contribution is -2.33. The molecule has 0 aromatic heterocycles. The Hall–Kier alpha value is -0.530. The van der Waals surface area contributed by atoms with Gasteiger partial charge >= 0.3 is 5.97 Å². The maximum absolute atomic E-state index is 12.6. The van der Waals surface area contributed by atoms with Crippen LogP contribution in [0.15, 0.2) is 0 Å². The van der Waals surface area contributed by atoms with Crippen molar-refractivity contribution in [2.45, 2.75) is 195 Å². The van der Waals surface area contributed by atoms with Crippen molar-refractivity contribution >= 4 is 5.97 Å². The highest BCUT2D eigenvalue weighted by atomic mass is 16.4. The van der Waals surface area contributed by atoms with Gasteiger partial charge in [0.05, 0.1) is 5.41 Å². The molecule has 0 saturated heterocycles. The lowest BCUT2D eigenvalue weighted by molar-refractivity contribution is -0.151. The summed E-state index contributed by atoms with van der Waals surface area (Å²) in [6.07, 6.45) is 32.6. The number of hydrogen-bond acceptors (Lipinski definition) is 1. The summed E-state index contributed by atoms with van der Waals surface area (Å²) in [4.78, 5) is 12.6. The molecular weight excluding hydrogens is 428 g/mol. The molecule has 0 aliphatic carbocycles. The number of aliphatic carboxylic acids is 1. The van der Waals surface area contributed by atoms with E-state index in [1.165, 1.54) is 135 Å². The van der Waals surface area contributed by atoms with E-state index in [2.05, 4.69) is 27.7 Å². The third-order valence-electron chi connectivity index (χ3n) is 8.26. The van der Waals surface area contributed by atoms with Gasteiger partial charge in [0.1, 0.15) is 0 Å². The Balaban J connectivity index is 4.40. The molecule has 2 unspecified atom stereocenters. The Bertz CT molecular complexity index is 446. The molecule has 2 nitrogen and oxygen atoms in total. The van der Waals surface area contributed by atoms with Crippen LogP contribution in [0.4, 0.5) is 0 Å². The van der Waals surface area contributed by atoms with Gasteiger partial charge in [-0.05, 0) is 25.2 Å². The molecular formula is C33H66O2. The highest BCUT2D eigenvalue weighted by Crippen LogP contribution is 2.40. The molecule has 0 spiro atoms. The summed E-state index contributed by atoms with van der Waals surface area (Å²) in [6, 6.07) is 0. The Kier molecular flexibility index (Phi) is 24.8. The van der Waals surface area contributed by atoms with E-state index in [1.807, 2.05) is 0 Å². The highest BCUT2D eigenvalue weighted by Gasteiger charge is 2.38. The second kappa shape index (κ2) is 25.1. The Morgan fingerprint density at radius 1 is 0.543 bits per heavy atom. The summed E-state index contributed by atoms with van der Waals surface area (Å²) in [7, 11) is 0. The van der Waals surface area contributed by atoms with Crippen LogP contribution >= 0.6 is 0 Å². The van der Waals surface area contributed by atoms with E-state index in [0.29, 0.717) is 5.92 Å². The smallest absolute Gasteiger partial charge is 0.309 e. The molecule has 0 aromatic carbocycles. The fourth-order valence-corrected chi connectivity index (χ4v) is 5.87. The number of hydrogen-bond donors (Lipinski definition) is 1. The summed E-state index contributed by atoms with van der Waals surface area (Å²) >= 11 is 0. The standard InChI is InChI=1S/C33H66O2/c1-5-8-11-14-16-18-19-20-22-24-27-31(4)30-33(32(34)35,28-25-13-10-7-3)29-26-23-21-17-15-12-9-6-2/h31H,5-30H2,1-4H3,(H,34,35). The van der Waals surface area contributed by atoms with Crippen LogP contribution < -0.4 is 0 Å². The van der Waals surface area contributed by atoms with Gasteiger partial charge in [-0.1, -0.05) is 175 Å². The van der Waals surface area contributed by atoms with Gasteiger partial charge in [0, 0.05) is 0 Å². The van der Waals surface area contributed by atoms with Crippen LogP contribution in [0.3, 0.4) is 0 Å². The van der Waals surface area contributed by atoms with E-state index in [0.717, 1.165) is 32.1 Å². The van der Waals surface area contributed by atoms with Gasteiger partial charge in [0.15, 0.2) is 0 Å². The lowest BCUT2D eigenvalue weighted by Gasteiger charge is -2.32. The molecule has 0 bridgehead atoms. The quantitative estimate of drug-likeness (QED) is 0.110. The summed E-state index contributed by atoms with van der Waals surface area (Å²) in [5.41, 5.74) is -0.478. The van der Waals surface area contributed by atoms with E-state index in [9.17, 15) is 9.90 Å². The second-order valence-electron chi connectivity index (χ2n) is 11.9. The third kappa shape index (κ3) is 20.2. The monoisotopic (exact) mass is 495 g/mol. The van der Waals surface area contributed by atoms with Crippen molar-refractivity contribution in [2.24, 2.45) is 11.3 Å². The van der Waals surface area contributed by atoms with Crippen LogP contribution in [-0.4, -0.2) is 11.1 Å². The van der Waals surface area contributed by atoms with Gasteiger partial charge in [-0.25, -0.2) is 0 Å². The zero-order chi connectivity index (χ0) is 26.0. The first-order valence-electron chi connectivity index (χ1n) is 16.3. The summed E-state index contributed by atoms with van der Waals surface area (Å²) in [5, 5.41) is 10.4. The van der Waals surface area contributed by atoms with E-state index in [4.69, 9.17) is 0 Å². The van der Waals surface area contributed by atoms with Crippen molar-refractivity contribution in [3.05, 3.63) is 0 Å². The van der Waals surface area contributed by atoms with E-state index < -0.39 is 11.4 Å². The third-order valence-corrected chi connectivity index (χ3v) is 8.26.